The first-order chi connectivity index (χ1) is 8.04. The zero-order valence-electron chi connectivity index (χ0n) is 10.6. The fourth-order valence-electron chi connectivity index (χ4n) is 1.66. The number of anilines is 1. The van der Waals surface area contributed by atoms with Gasteiger partial charge in [-0.3, -0.25) is 0 Å². The van der Waals surface area contributed by atoms with Gasteiger partial charge in [-0.25, -0.2) is 4.98 Å². The molecule has 17 heavy (non-hydrogen) atoms. The summed E-state index contributed by atoms with van der Waals surface area (Å²) in [5.74, 6) is 0.856. The maximum Gasteiger partial charge on any atom is 0.133 e. The van der Waals surface area contributed by atoms with Crippen molar-refractivity contribution in [3.8, 4) is 0 Å². The number of hydrogen-bond acceptors (Lipinski definition) is 4. The van der Waals surface area contributed by atoms with Crippen molar-refractivity contribution < 1.29 is 5.11 Å². The fraction of sp³-hybridized carbons (Fsp3) is 0.583. The summed E-state index contributed by atoms with van der Waals surface area (Å²) >= 11 is 3.36. The van der Waals surface area contributed by atoms with E-state index in [9.17, 15) is 5.11 Å². The molecule has 1 aromatic heterocycles. The monoisotopic (exact) mass is 301 g/mol. The van der Waals surface area contributed by atoms with Crippen molar-refractivity contribution in [3.05, 3.63) is 22.3 Å². The number of pyridine rings is 1. The summed E-state index contributed by atoms with van der Waals surface area (Å²) in [6.07, 6.45) is 2.84. The van der Waals surface area contributed by atoms with Crippen LogP contribution in [0.4, 0.5) is 5.82 Å². The molecule has 0 radical (unpaired) electrons. The highest BCUT2D eigenvalue weighted by atomic mass is 79.9. The van der Waals surface area contributed by atoms with E-state index < -0.39 is 0 Å². The SMILES string of the molecule is CN(C)CCCN(C)c1ncc(Br)cc1CO. The van der Waals surface area contributed by atoms with Crippen LogP contribution in [-0.4, -0.2) is 49.2 Å². The Labute approximate surface area is 111 Å². The molecule has 0 spiro atoms. The predicted molar refractivity (Wildman–Crippen MR) is 74.3 cm³/mol. The van der Waals surface area contributed by atoms with E-state index in [1.54, 1.807) is 6.20 Å². The maximum absolute atomic E-state index is 9.31. The van der Waals surface area contributed by atoms with Gasteiger partial charge < -0.3 is 14.9 Å². The highest BCUT2D eigenvalue weighted by molar-refractivity contribution is 9.10. The number of hydrogen-bond donors (Lipinski definition) is 1. The largest absolute Gasteiger partial charge is 0.392 e. The summed E-state index contributed by atoms with van der Waals surface area (Å²) in [6.45, 7) is 1.99. The molecule has 0 saturated carbocycles. The summed E-state index contributed by atoms with van der Waals surface area (Å²) in [6, 6.07) is 1.91. The third kappa shape index (κ3) is 4.61. The molecule has 4 nitrogen and oxygen atoms in total. The van der Waals surface area contributed by atoms with Crippen LogP contribution >= 0.6 is 15.9 Å². The van der Waals surface area contributed by atoms with Crippen LogP contribution in [0.15, 0.2) is 16.7 Å². The molecule has 1 aromatic rings. The molecule has 0 aliphatic heterocycles. The molecule has 0 fully saturated rings. The van der Waals surface area contributed by atoms with Crippen LogP contribution in [0.3, 0.4) is 0 Å². The van der Waals surface area contributed by atoms with Crippen LogP contribution in [0.25, 0.3) is 0 Å². The van der Waals surface area contributed by atoms with E-state index in [1.807, 2.05) is 13.1 Å². The van der Waals surface area contributed by atoms with Crippen molar-refractivity contribution in [1.29, 1.82) is 0 Å². The number of rotatable bonds is 6. The Balaban J connectivity index is 2.64. The highest BCUT2D eigenvalue weighted by Crippen LogP contribution is 2.20. The number of aromatic nitrogens is 1. The molecule has 1 heterocycles. The number of halogens is 1. The lowest BCUT2D eigenvalue weighted by molar-refractivity contribution is 0.281. The Morgan fingerprint density at radius 2 is 2.00 bits per heavy atom. The lowest BCUT2D eigenvalue weighted by Gasteiger charge is -2.21. The lowest BCUT2D eigenvalue weighted by Crippen LogP contribution is -2.25. The van der Waals surface area contributed by atoms with Crippen molar-refractivity contribution in [1.82, 2.24) is 9.88 Å². The van der Waals surface area contributed by atoms with E-state index in [2.05, 4.69) is 44.8 Å². The Bertz CT molecular complexity index is 358. The Morgan fingerprint density at radius 3 is 2.59 bits per heavy atom. The predicted octanol–water partition coefficient (Wildman–Crippen LogP) is 1.72. The first-order valence-electron chi connectivity index (χ1n) is 5.65. The third-order valence-electron chi connectivity index (χ3n) is 2.54. The Kier molecular flexibility index (Phi) is 5.88. The minimum Gasteiger partial charge on any atom is -0.392 e. The molecule has 0 amide bonds. The lowest BCUT2D eigenvalue weighted by atomic mass is 10.2. The smallest absolute Gasteiger partial charge is 0.133 e. The second-order valence-corrected chi connectivity index (χ2v) is 5.29. The number of aliphatic hydroxyl groups is 1. The summed E-state index contributed by atoms with van der Waals surface area (Å²) in [5.41, 5.74) is 0.853. The van der Waals surface area contributed by atoms with Gasteiger partial charge in [-0.2, -0.15) is 0 Å². The van der Waals surface area contributed by atoms with Crippen LogP contribution in [0.5, 0.6) is 0 Å². The molecule has 1 rings (SSSR count). The van der Waals surface area contributed by atoms with Crippen molar-refractivity contribution in [2.75, 3.05) is 39.1 Å². The molecule has 5 heteroatoms. The fourth-order valence-corrected chi connectivity index (χ4v) is 2.04. The van der Waals surface area contributed by atoms with Crippen LogP contribution in [-0.2, 0) is 6.61 Å². The molecular formula is C12H20BrN3O. The quantitative estimate of drug-likeness (QED) is 0.868. The van der Waals surface area contributed by atoms with Crippen LogP contribution in [0.1, 0.15) is 12.0 Å². The molecule has 0 unspecified atom stereocenters. The van der Waals surface area contributed by atoms with Gasteiger partial charge in [0.25, 0.3) is 0 Å². The van der Waals surface area contributed by atoms with E-state index in [4.69, 9.17) is 0 Å². The standard InChI is InChI=1S/C12H20BrN3O/c1-15(2)5-4-6-16(3)12-10(9-17)7-11(13)8-14-12/h7-8,17H,4-6,9H2,1-3H3. The van der Waals surface area contributed by atoms with Crippen molar-refractivity contribution in [2.45, 2.75) is 13.0 Å². The maximum atomic E-state index is 9.31. The molecular weight excluding hydrogens is 282 g/mol. The third-order valence-corrected chi connectivity index (χ3v) is 2.97. The second kappa shape index (κ2) is 6.93. The van der Waals surface area contributed by atoms with Gasteiger partial charge in [-0.1, -0.05) is 0 Å². The molecule has 0 saturated heterocycles. The van der Waals surface area contributed by atoms with E-state index in [1.165, 1.54) is 0 Å². The van der Waals surface area contributed by atoms with E-state index in [-0.39, 0.29) is 6.61 Å². The molecule has 0 aromatic carbocycles. The minimum atomic E-state index is 0.0137. The van der Waals surface area contributed by atoms with E-state index in [0.29, 0.717) is 0 Å². The first-order valence-corrected chi connectivity index (χ1v) is 6.45. The van der Waals surface area contributed by atoms with Gasteiger partial charge in [0.2, 0.25) is 0 Å². The van der Waals surface area contributed by atoms with Crippen LogP contribution < -0.4 is 4.90 Å². The van der Waals surface area contributed by atoms with Gasteiger partial charge in [0.05, 0.1) is 6.61 Å². The molecule has 0 aliphatic carbocycles. The normalized spacial score (nSPS) is 10.9. The van der Waals surface area contributed by atoms with Crippen molar-refractivity contribution in [2.24, 2.45) is 0 Å². The zero-order chi connectivity index (χ0) is 12.8. The molecule has 0 bridgehead atoms. The summed E-state index contributed by atoms with van der Waals surface area (Å²) < 4.78 is 0.895. The molecule has 96 valence electrons. The van der Waals surface area contributed by atoms with Gasteiger partial charge in [0.15, 0.2) is 0 Å². The molecule has 0 atom stereocenters. The van der Waals surface area contributed by atoms with Crippen molar-refractivity contribution in [3.63, 3.8) is 0 Å². The summed E-state index contributed by atoms with van der Waals surface area (Å²) in [4.78, 5) is 8.60. The van der Waals surface area contributed by atoms with Gasteiger partial charge in [-0.05, 0) is 49.1 Å². The van der Waals surface area contributed by atoms with Gasteiger partial charge in [0, 0.05) is 29.8 Å². The minimum absolute atomic E-state index is 0.0137. The van der Waals surface area contributed by atoms with E-state index in [0.717, 1.165) is 35.4 Å². The van der Waals surface area contributed by atoms with Gasteiger partial charge in [-0.15, -0.1) is 0 Å². The van der Waals surface area contributed by atoms with Gasteiger partial charge in [0.1, 0.15) is 5.82 Å². The topological polar surface area (TPSA) is 39.6 Å². The van der Waals surface area contributed by atoms with Crippen LogP contribution in [0.2, 0.25) is 0 Å². The molecule has 1 N–H and O–H groups in total. The Hall–Kier alpha value is -0.650. The zero-order valence-corrected chi connectivity index (χ0v) is 12.2. The first kappa shape index (κ1) is 14.4. The molecule has 0 aliphatic rings. The average Bonchev–Trinajstić information content (AvgIpc) is 2.28. The van der Waals surface area contributed by atoms with E-state index >= 15 is 0 Å². The highest BCUT2D eigenvalue weighted by Gasteiger charge is 2.09. The number of nitrogens with zero attached hydrogens (tertiary/aromatic N) is 3. The summed E-state index contributed by atoms with van der Waals surface area (Å²) in [5, 5.41) is 9.31. The van der Waals surface area contributed by atoms with Gasteiger partial charge >= 0.3 is 0 Å². The summed E-state index contributed by atoms with van der Waals surface area (Å²) in [7, 11) is 6.14. The number of aliphatic hydroxyl groups excluding tert-OH is 1. The van der Waals surface area contributed by atoms with Crippen molar-refractivity contribution >= 4 is 21.7 Å². The Morgan fingerprint density at radius 1 is 1.29 bits per heavy atom. The second-order valence-electron chi connectivity index (χ2n) is 4.37. The van der Waals surface area contributed by atoms with Crippen LogP contribution in [0, 0.1) is 0 Å². The average molecular weight is 302 g/mol.